The number of rotatable bonds is 10. The largest absolute Gasteiger partial charge is 0.493 e. The van der Waals surface area contributed by atoms with Gasteiger partial charge in [-0.15, -0.1) is 6.58 Å². The quantitative estimate of drug-likeness (QED) is 0.331. The van der Waals surface area contributed by atoms with Gasteiger partial charge in [-0.25, -0.2) is 0 Å². The van der Waals surface area contributed by atoms with Gasteiger partial charge in [0.1, 0.15) is 5.75 Å². The van der Waals surface area contributed by atoms with Crippen LogP contribution in [0, 0.1) is 0 Å². The zero-order valence-electron chi connectivity index (χ0n) is 13.7. The number of hydrogen-bond donors (Lipinski definition) is 0. The molecule has 1 atom stereocenters. The van der Waals surface area contributed by atoms with Crippen molar-refractivity contribution in [2.45, 2.75) is 58.8 Å². The van der Waals surface area contributed by atoms with Gasteiger partial charge < -0.3 is 4.74 Å². The minimum atomic E-state index is 0.446. The molecule has 0 heterocycles. The van der Waals surface area contributed by atoms with Crippen LogP contribution < -0.4 is 4.74 Å². The average molecular weight is 288 g/mol. The molecule has 0 aliphatic heterocycles. The molecular weight excluding hydrogens is 260 g/mol. The van der Waals surface area contributed by atoms with E-state index in [0.717, 1.165) is 49.7 Å². The molecule has 1 rings (SSSR count). The van der Waals surface area contributed by atoms with Crippen LogP contribution in [0.1, 0.15) is 73.9 Å². The van der Waals surface area contributed by atoms with Gasteiger partial charge in [0.2, 0.25) is 0 Å². The number of hydrogen-bond acceptors (Lipinski definition) is 2. The van der Waals surface area contributed by atoms with Crippen LogP contribution in [0.25, 0.3) is 0 Å². The Labute approximate surface area is 129 Å². The van der Waals surface area contributed by atoms with Crippen LogP contribution >= 0.6 is 0 Å². The van der Waals surface area contributed by atoms with Gasteiger partial charge in [-0.2, -0.15) is 0 Å². The lowest BCUT2D eigenvalue weighted by molar-refractivity contribution is 0.111. The lowest BCUT2D eigenvalue weighted by Crippen LogP contribution is -2.05. The normalized spacial score (nSPS) is 12.0. The summed E-state index contributed by atoms with van der Waals surface area (Å²) in [4.78, 5) is 11.4. The summed E-state index contributed by atoms with van der Waals surface area (Å²) in [6.45, 7) is 11.0. The lowest BCUT2D eigenvalue weighted by atomic mass is 9.93. The minimum Gasteiger partial charge on any atom is -0.493 e. The van der Waals surface area contributed by atoms with Crippen LogP contribution in [-0.2, 0) is 6.42 Å². The standard InChI is InChI=1S/C19H28O2/c1-5-8-9-11-21-19-16(10-6-2)12-17(15(4)7-3)13-18(19)14-20/h6,12-15H,2,5,7-11H2,1,3-4H3. The Morgan fingerprint density at radius 2 is 2.05 bits per heavy atom. The highest BCUT2D eigenvalue weighted by Gasteiger charge is 2.14. The first-order valence-electron chi connectivity index (χ1n) is 8.03. The summed E-state index contributed by atoms with van der Waals surface area (Å²) in [6.07, 6.45) is 7.90. The Balaban J connectivity index is 3.07. The van der Waals surface area contributed by atoms with Crippen molar-refractivity contribution in [1.82, 2.24) is 0 Å². The maximum atomic E-state index is 11.4. The van der Waals surface area contributed by atoms with Crippen LogP contribution in [0.5, 0.6) is 5.75 Å². The van der Waals surface area contributed by atoms with Crippen molar-refractivity contribution < 1.29 is 9.53 Å². The number of carbonyl (C=O) groups is 1. The van der Waals surface area contributed by atoms with Gasteiger partial charge in [-0.05, 0) is 42.4 Å². The molecule has 0 N–H and O–H groups in total. The minimum absolute atomic E-state index is 0.446. The molecule has 2 heteroatoms. The van der Waals surface area contributed by atoms with Gasteiger partial charge in [0.05, 0.1) is 12.2 Å². The van der Waals surface area contributed by atoms with Crippen LogP contribution in [-0.4, -0.2) is 12.9 Å². The molecule has 2 nitrogen and oxygen atoms in total. The Bertz CT molecular complexity index is 463. The third-order valence-corrected chi connectivity index (χ3v) is 3.88. The van der Waals surface area contributed by atoms with Crippen LogP contribution in [0.15, 0.2) is 24.8 Å². The van der Waals surface area contributed by atoms with E-state index in [0.29, 0.717) is 18.1 Å². The van der Waals surface area contributed by atoms with Gasteiger partial charge in [-0.1, -0.05) is 45.8 Å². The van der Waals surface area contributed by atoms with Crippen LogP contribution in [0.4, 0.5) is 0 Å². The van der Waals surface area contributed by atoms with Gasteiger partial charge in [0.15, 0.2) is 6.29 Å². The molecule has 0 spiro atoms. The summed E-state index contributed by atoms with van der Waals surface area (Å²) in [5.41, 5.74) is 2.94. The van der Waals surface area contributed by atoms with Crippen molar-refractivity contribution in [3.8, 4) is 5.75 Å². The van der Waals surface area contributed by atoms with E-state index in [4.69, 9.17) is 4.74 Å². The predicted octanol–water partition coefficient (Wildman–Crippen LogP) is 5.31. The van der Waals surface area contributed by atoms with Crippen molar-refractivity contribution in [1.29, 1.82) is 0 Å². The second-order valence-corrected chi connectivity index (χ2v) is 5.57. The number of aldehydes is 1. The monoisotopic (exact) mass is 288 g/mol. The fourth-order valence-electron chi connectivity index (χ4n) is 2.36. The molecule has 0 radical (unpaired) electrons. The highest BCUT2D eigenvalue weighted by Crippen LogP contribution is 2.30. The van der Waals surface area contributed by atoms with Crippen molar-refractivity contribution in [3.05, 3.63) is 41.5 Å². The first kappa shape index (κ1) is 17.5. The van der Waals surface area contributed by atoms with Crippen molar-refractivity contribution in [2.75, 3.05) is 6.61 Å². The molecule has 0 bridgehead atoms. The summed E-state index contributed by atoms with van der Waals surface area (Å²) >= 11 is 0. The molecular formula is C19H28O2. The SMILES string of the molecule is C=CCc1cc(C(C)CC)cc(C=O)c1OCCCCC. The highest BCUT2D eigenvalue weighted by atomic mass is 16.5. The van der Waals surface area contributed by atoms with Crippen molar-refractivity contribution >= 4 is 6.29 Å². The highest BCUT2D eigenvalue weighted by molar-refractivity contribution is 5.81. The third-order valence-electron chi connectivity index (χ3n) is 3.88. The molecule has 0 aliphatic carbocycles. The van der Waals surface area contributed by atoms with E-state index < -0.39 is 0 Å². The smallest absolute Gasteiger partial charge is 0.153 e. The maximum Gasteiger partial charge on any atom is 0.153 e. The van der Waals surface area contributed by atoms with Gasteiger partial charge in [0.25, 0.3) is 0 Å². The number of ether oxygens (including phenoxy) is 1. The Hall–Kier alpha value is -1.57. The summed E-state index contributed by atoms with van der Waals surface area (Å²) in [6, 6.07) is 4.14. The Kier molecular flexibility index (Phi) is 7.81. The number of benzene rings is 1. The first-order valence-corrected chi connectivity index (χ1v) is 8.03. The van der Waals surface area contributed by atoms with E-state index in [1.165, 1.54) is 5.56 Å². The van der Waals surface area contributed by atoms with Gasteiger partial charge in [0, 0.05) is 0 Å². The van der Waals surface area contributed by atoms with Gasteiger partial charge in [-0.3, -0.25) is 4.79 Å². The molecule has 1 unspecified atom stereocenters. The van der Waals surface area contributed by atoms with E-state index in [2.05, 4.69) is 33.4 Å². The molecule has 116 valence electrons. The molecule has 0 aliphatic rings. The Morgan fingerprint density at radius 1 is 1.29 bits per heavy atom. The average Bonchev–Trinajstić information content (AvgIpc) is 2.51. The fourth-order valence-corrected chi connectivity index (χ4v) is 2.36. The zero-order chi connectivity index (χ0) is 15.7. The third kappa shape index (κ3) is 5.04. The van der Waals surface area contributed by atoms with Gasteiger partial charge >= 0.3 is 0 Å². The van der Waals surface area contributed by atoms with Crippen molar-refractivity contribution in [2.24, 2.45) is 0 Å². The molecule has 0 fully saturated rings. The lowest BCUT2D eigenvalue weighted by Gasteiger charge is -2.17. The molecule has 1 aromatic rings. The number of carbonyl (C=O) groups excluding carboxylic acids is 1. The molecule has 0 amide bonds. The topological polar surface area (TPSA) is 26.3 Å². The van der Waals surface area contributed by atoms with E-state index in [1.807, 2.05) is 12.1 Å². The van der Waals surface area contributed by atoms with E-state index >= 15 is 0 Å². The molecule has 0 aromatic heterocycles. The fraction of sp³-hybridized carbons (Fsp3) is 0.526. The number of allylic oxidation sites excluding steroid dienone is 1. The van der Waals surface area contributed by atoms with Crippen LogP contribution in [0.2, 0.25) is 0 Å². The molecule has 0 saturated carbocycles. The van der Waals surface area contributed by atoms with Crippen LogP contribution in [0.3, 0.4) is 0 Å². The first-order chi connectivity index (χ1) is 10.2. The van der Waals surface area contributed by atoms with E-state index in [9.17, 15) is 4.79 Å². The second kappa shape index (κ2) is 9.38. The van der Waals surface area contributed by atoms with Crippen molar-refractivity contribution in [3.63, 3.8) is 0 Å². The summed E-state index contributed by atoms with van der Waals surface area (Å²) in [7, 11) is 0. The van der Waals surface area contributed by atoms with E-state index in [1.54, 1.807) is 0 Å². The molecule has 0 saturated heterocycles. The number of unbranched alkanes of at least 4 members (excludes halogenated alkanes) is 2. The Morgan fingerprint density at radius 3 is 2.62 bits per heavy atom. The summed E-state index contributed by atoms with van der Waals surface area (Å²) in [5, 5.41) is 0. The zero-order valence-corrected chi connectivity index (χ0v) is 13.7. The summed E-state index contributed by atoms with van der Waals surface area (Å²) < 4.78 is 5.90. The second-order valence-electron chi connectivity index (χ2n) is 5.57. The maximum absolute atomic E-state index is 11.4. The summed E-state index contributed by atoms with van der Waals surface area (Å²) in [5.74, 6) is 1.19. The molecule has 21 heavy (non-hydrogen) atoms. The van der Waals surface area contributed by atoms with E-state index in [-0.39, 0.29) is 0 Å². The molecule has 1 aromatic carbocycles. The predicted molar refractivity (Wildman–Crippen MR) is 89.5 cm³/mol.